The Hall–Kier alpha value is -2.37. The highest BCUT2D eigenvalue weighted by Gasteiger charge is 2.38. The lowest BCUT2D eigenvalue weighted by Crippen LogP contribution is -2.52. The molecule has 1 aromatic rings. The average molecular weight is 319 g/mol. The Balaban J connectivity index is 2.42. The molecule has 6 nitrogen and oxygen atoms in total. The van der Waals surface area contributed by atoms with Gasteiger partial charge >= 0.3 is 5.97 Å². The van der Waals surface area contributed by atoms with Crippen LogP contribution in [0.2, 0.25) is 0 Å². The van der Waals surface area contributed by atoms with Crippen LogP contribution in [0.25, 0.3) is 0 Å². The number of ether oxygens (including phenoxy) is 2. The monoisotopic (exact) mass is 319 g/mol. The minimum Gasteiger partial charge on any atom is -0.479 e. The number of Topliss-reactive ketones (excluding diaryl/α,β-unsaturated/α-hetero) is 1. The summed E-state index contributed by atoms with van der Waals surface area (Å²) in [5.41, 5.74) is 0.871. The summed E-state index contributed by atoms with van der Waals surface area (Å²) in [4.78, 5) is 37.6. The molecule has 0 bridgehead atoms. The summed E-state index contributed by atoms with van der Waals surface area (Å²) in [6, 6.07) is 4.07. The number of hydrogen-bond acceptors (Lipinski definition) is 5. The molecule has 2 unspecified atom stereocenters. The molecule has 0 N–H and O–H groups in total. The van der Waals surface area contributed by atoms with Crippen molar-refractivity contribution in [2.45, 2.75) is 46.3 Å². The fraction of sp³-hybridized carbons (Fsp3) is 0.471. The van der Waals surface area contributed by atoms with Gasteiger partial charge in [0.2, 0.25) is 0 Å². The molecule has 23 heavy (non-hydrogen) atoms. The van der Waals surface area contributed by atoms with E-state index in [0.717, 1.165) is 0 Å². The molecule has 0 spiro atoms. The van der Waals surface area contributed by atoms with Crippen molar-refractivity contribution in [3.63, 3.8) is 0 Å². The number of fused-ring (bicyclic) bond motifs is 1. The number of benzene rings is 1. The third kappa shape index (κ3) is 3.36. The number of rotatable bonds is 5. The van der Waals surface area contributed by atoms with E-state index in [1.807, 2.05) is 6.92 Å². The van der Waals surface area contributed by atoms with E-state index in [-0.39, 0.29) is 11.7 Å². The van der Waals surface area contributed by atoms with Crippen molar-refractivity contribution in [3.05, 3.63) is 23.8 Å². The first-order valence-electron chi connectivity index (χ1n) is 7.68. The molecule has 1 aromatic carbocycles. The second-order valence-corrected chi connectivity index (χ2v) is 5.55. The fourth-order valence-electron chi connectivity index (χ4n) is 2.41. The SMILES string of the molecule is CCCOC(=O)C(C)N1C(=O)C(C)Oc2ccc(C(C)=O)cc21. The molecular weight excluding hydrogens is 298 g/mol. The molecule has 0 saturated carbocycles. The summed E-state index contributed by atoms with van der Waals surface area (Å²) < 4.78 is 10.7. The third-order valence-electron chi connectivity index (χ3n) is 3.69. The van der Waals surface area contributed by atoms with Crippen molar-refractivity contribution in [1.82, 2.24) is 0 Å². The number of amides is 1. The largest absolute Gasteiger partial charge is 0.479 e. The van der Waals surface area contributed by atoms with Gasteiger partial charge < -0.3 is 9.47 Å². The normalized spacial score (nSPS) is 18.0. The number of hydrogen-bond donors (Lipinski definition) is 0. The summed E-state index contributed by atoms with van der Waals surface area (Å²) >= 11 is 0. The fourth-order valence-corrected chi connectivity index (χ4v) is 2.41. The molecule has 0 radical (unpaired) electrons. The van der Waals surface area contributed by atoms with E-state index in [1.165, 1.54) is 11.8 Å². The van der Waals surface area contributed by atoms with Gasteiger partial charge in [0.1, 0.15) is 11.8 Å². The molecular formula is C17H21NO5. The Morgan fingerprint density at radius 1 is 1.39 bits per heavy atom. The topological polar surface area (TPSA) is 72.9 Å². The predicted molar refractivity (Wildman–Crippen MR) is 84.7 cm³/mol. The quantitative estimate of drug-likeness (QED) is 0.615. The second kappa shape index (κ2) is 6.81. The van der Waals surface area contributed by atoms with Crippen LogP contribution < -0.4 is 9.64 Å². The van der Waals surface area contributed by atoms with E-state index in [4.69, 9.17) is 9.47 Å². The average Bonchev–Trinajstić information content (AvgIpc) is 2.52. The molecule has 0 aliphatic carbocycles. The summed E-state index contributed by atoms with van der Waals surface area (Å²) in [6.45, 7) is 6.88. The molecule has 1 aliphatic heterocycles. The first-order chi connectivity index (χ1) is 10.9. The van der Waals surface area contributed by atoms with Crippen LogP contribution in [0.15, 0.2) is 18.2 Å². The Bertz CT molecular complexity index is 640. The summed E-state index contributed by atoms with van der Waals surface area (Å²) in [5.74, 6) is -0.468. The maximum absolute atomic E-state index is 12.5. The maximum Gasteiger partial charge on any atom is 0.328 e. The van der Waals surface area contributed by atoms with Gasteiger partial charge in [-0.1, -0.05) is 6.92 Å². The third-order valence-corrected chi connectivity index (χ3v) is 3.69. The van der Waals surface area contributed by atoms with Crippen molar-refractivity contribution < 1.29 is 23.9 Å². The molecule has 0 saturated heterocycles. The number of esters is 1. The van der Waals surface area contributed by atoms with E-state index in [9.17, 15) is 14.4 Å². The van der Waals surface area contributed by atoms with Crippen LogP contribution in [0, 0.1) is 0 Å². The van der Waals surface area contributed by atoms with E-state index < -0.39 is 18.1 Å². The van der Waals surface area contributed by atoms with Gasteiger partial charge in [-0.2, -0.15) is 0 Å². The molecule has 1 heterocycles. The number of carbonyl (C=O) groups excluding carboxylic acids is 3. The molecule has 1 aliphatic rings. The molecule has 1 amide bonds. The van der Waals surface area contributed by atoms with Gasteiger partial charge in [-0.25, -0.2) is 4.79 Å². The van der Waals surface area contributed by atoms with Crippen molar-refractivity contribution in [2.75, 3.05) is 11.5 Å². The number of carbonyl (C=O) groups is 3. The molecule has 0 fully saturated rings. The van der Waals surface area contributed by atoms with Gasteiger partial charge in [0.05, 0.1) is 12.3 Å². The summed E-state index contributed by atoms with van der Waals surface area (Å²) in [5, 5.41) is 0. The molecule has 6 heteroatoms. The Kier molecular flexibility index (Phi) is 5.03. The van der Waals surface area contributed by atoms with Crippen molar-refractivity contribution >= 4 is 23.3 Å². The zero-order chi connectivity index (χ0) is 17.1. The van der Waals surface area contributed by atoms with Crippen molar-refractivity contribution in [3.8, 4) is 5.75 Å². The molecule has 124 valence electrons. The van der Waals surface area contributed by atoms with Gasteiger partial charge in [-0.05, 0) is 45.4 Å². The number of anilines is 1. The van der Waals surface area contributed by atoms with Gasteiger partial charge in [0.25, 0.3) is 5.91 Å². The van der Waals surface area contributed by atoms with E-state index >= 15 is 0 Å². The lowest BCUT2D eigenvalue weighted by atomic mass is 10.1. The zero-order valence-electron chi connectivity index (χ0n) is 13.8. The van der Waals surface area contributed by atoms with E-state index in [0.29, 0.717) is 30.0 Å². The number of ketones is 1. The van der Waals surface area contributed by atoms with Gasteiger partial charge in [0, 0.05) is 5.56 Å². The van der Waals surface area contributed by atoms with Gasteiger partial charge in [-0.15, -0.1) is 0 Å². The first kappa shape index (κ1) is 17.0. The van der Waals surface area contributed by atoms with Crippen molar-refractivity contribution in [1.29, 1.82) is 0 Å². The van der Waals surface area contributed by atoms with Crippen LogP contribution in [0.1, 0.15) is 44.5 Å². The zero-order valence-corrected chi connectivity index (χ0v) is 13.8. The highest BCUT2D eigenvalue weighted by Crippen LogP contribution is 2.36. The van der Waals surface area contributed by atoms with Crippen LogP contribution in [-0.2, 0) is 14.3 Å². The maximum atomic E-state index is 12.5. The summed E-state index contributed by atoms with van der Waals surface area (Å²) in [7, 11) is 0. The van der Waals surface area contributed by atoms with Gasteiger partial charge in [0.15, 0.2) is 11.9 Å². The molecule has 2 atom stereocenters. The Labute approximate surface area is 135 Å². The first-order valence-corrected chi connectivity index (χ1v) is 7.68. The van der Waals surface area contributed by atoms with Crippen LogP contribution in [0.3, 0.4) is 0 Å². The smallest absolute Gasteiger partial charge is 0.328 e. The minimum atomic E-state index is -0.790. The standard InChI is InChI=1S/C17H21NO5/c1-5-8-22-17(21)10(2)18-14-9-13(11(3)19)6-7-15(14)23-12(4)16(18)20/h6-7,9-10,12H,5,8H2,1-4H3. The number of nitrogens with zero attached hydrogens (tertiary/aromatic N) is 1. The van der Waals surface area contributed by atoms with Crippen molar-refractivity contribution in [2.24, 2.45) is 0 Å². The molecule has 0 aromatic heterocycles. The second-order valence-electron chi connectivity index (χ2n) is 5.55. The molecule has 2 rings (SSSR count). The lowest BCUT2D eigenvalue weighted by molar-refractivity contribution is -0.146. The van der Waals surface area contributed by atoms with E-state index in [1.54, 1.807) is 32.0 Å². The minimum absolute atomic E-state index is 0.125. The lowest BCUT2D eigenvalue weighted by Gasteiger charge is -2.36. The van der Waals surface area contributed by atoms with E-state index in [2.05, 4.69) is 0 Å². The Morgan fingerprint density at radius 3 is 2.70 bits per heavy atom. The summed E-state index contributed by atoms with van der Waals surface area (Å²) in [6.07, 6.45) is 0.00359. The van der Waals surface area contributed by atoms with Crippen LogP contribution in [0.5, 0.6) is 5.75 Å². The Morgan fingerprint density at radius 2 is 2.09 bits per heavy atom. The highest BCUT2D eigenvalue weighted by molar-refractivity contribution is 6.05. The van der Waals surface area contributed by atoms with Crippen LogP contribution in [0.4, 0.5) is 5.69 Å². The van der Waals surface area contributed by atoms with Crippen LogP contribution >= 0.6 is 0 Å². The highest BCUT2D eigenvalue weighted by atomic mass is 16.5. The predicted octanol–water partition coefficient (Wildman–Crippen LogP) is 2.34. The van der Waals surface area contributed by atoms with Crippen LogP contribution in [-0.4, -0.2) is 36.4 Å². The van der Waals surface area contributed by atoms with Gasteiger partial charge in [-0.3, -0.25) is 14.5 Å².